The molecule has 0 atom stereocenters. The molecule has 0 aliphatic rings. The number of alkyl halides is 3. The molecule has 3 rings (SSSR count). The molecular formula is C19H17ClF3N3O2S. The standard InChI is InChI=1S/C19H17ClF3N3O2S/c1-9(2)7-28-18(27)15-10(3)14-16(24-8-25-17(14)29-15)26-13-6-11(19(21,22)23)4-5-12(13)20/h4-6,8-9H,7H2,1-3H3,(H,24,25,26). The Morgan fingerprint density at radius 2 is 2.03 bits per heavy atom. The first-order chi connectivity index (χ1) is 13.6. The van der Waals surface area contributed by atoms with Crippen molar-refractivity contribution in [1.82, 2.24) is 9.97 Å². The zero-order valence-electron chi connectivity index (χ0n) is 15.7. The first kappa shape index (κ1) is 21.3. The fourth-order valence-electron chi connectivity index (χ4n) is 2.59. The minimum absolute atomic E-state index is 0.0519. The van der Waals surface area contributed by atoms with Gasteiger partial charge in [0.1, 0.15) is 21.9 Å². The maximum Gasteiger partial charge on any atom is 0.416 e. The summed E-state index contributed by atoms with van der Waals surface area (Å²) in [4.78, 5) is 21.6. The predicted octanol–water partition coefficient (Wildman–Crippen LogP) is 6.23. The topological polar surface area (TPSA) is 64.1 Å². The lowest BCUT2D eigenvalue weighted by molar-refractivity contribution is -0.137. The number of hydrogen-bond donors (Lipinski definition) is 1. The van der Waals surface area contributed by atoms with Gasteiger partial charge >= 0.3 is 12.1 Å². The first-order valence-corrected chi connectivity index (χ1v) is 9.82. The van der Waals surface area contributed by atoms with Gasteiger partial charge in [-0.3, -0.25) is 0 Å². The highest BCUT2D eigenvalue weighted by Gasteiger charge is 2.31. The van der Waals surface area contributed by atoms with E-state index in [0.717, 1.165) is 23.5 Å². The molecule has 0 spiro atoms. The summed E-state index contributed by atoms with van der Waals surface area (Å²) in [5.41, 5.74) is -0.198. The van der Waals surface area contributed by atoms with E-state index in [1.54, 1.807) is 6.92 Å². The van der Waals surface area contributed by atoms with Crippen LogP contribution < -0.4 is 5.32 Å². The Kier molecular flexibility index (Phi) is 6.00. The molecule has 0 aliphatic heterocycles. The van der Waals surface area contributed by atoms with E-state index >= 15 is 0 Å². The number of carbonyl (C=O) groups excluding carboxylic acids is 1. The largest absolute Gasteiger partial charge is 0.461 e. The van der Waals surface area contributed by atoms with Crippen LogP contribution in [-0.4, -0.2) is 22.5 Å². The summed E-state index contributed by atoms with van der Waals surface area (Å²) >= 11 is 7.21. The highest BCUT2D eigenvalue weighted by molar-refractivity contribution is 7.20. The Hall–Kier alpha value is -2.39. The predicted molar refractivity (Wildman–Crippen MR) is 107 cm³/mol. The normalized spacial score (nSPS) is 11.9. The Labute approximate surface area is 173 Å². The average molecular weight is 444 g/mol. The fraction of sp³-hybridized carbons (Fsp3) is 0.316. The van der Waals surface area contributed by atoms with Crippen molar-refractivity contribution in [2.75, 3.05) is 11.9 Å². The van der Waals surface area contributed by atoms with Crippen LogP contribution in [-0.2, 0) is 10.9 Å². The molecule has 10 heteroatoms. The van der Waals surface area contributed by atoms with Crippen molar-refractivity contribution >= 4 is 50.6 Å². The molecule has 0 saturated carbocycles. The van der Waals surface area contributed by atoms with Crippen molar-refractivity contribution < 1.29 is 22.7 Å². The molecule has 2 heterocycles. The molecule has 154 valence electrons. The number of hydrogen-bond acceptors (Lipinski definition) is 6. The molecule has 3 aromatic rings. The van der Waals surface area contributed by atoms with E-state index in [4.69, 9.17) is 16.3 Å². The molecule has 5 nitrogen and oxygen atoms in total. The van der Waals surface area contributed by atoms with Crippen LogP contribution in [0, 0.1) is 12.8 Å². The molecule has 29 heavy (non-hydrogen) atoms. The molecule has 2 aromatic heterocycles. The number of esters is 1. The molecule has 1 N–H and O–H groups in total. The van der Waals surface area contributed by atoms with Crippen LogP contribution in [0.5, 0.6) is 0 Å². The van der Waals surface area contributed by atoms with Crippen LogP contribution >= 0.6 is 22.9 Å². The van der Waals surface area contributed by atoms with Gasteiger partial charge in [0.15, 0.2) is 0 Å². The molecule has 0 unspecified atom stereocenters. The average Bonchev–Trinajstić information content (AvgIpc) is 2.98. The molecule has 0 fully saturated rings. The maximum atomic E-state index is 13.0. The number of aryl methyl sites for hydroxylation is 1. The monoisotopic (exact) mass is 443 g/mol. The van der Waals surface area contributed by atoms with Crippen LogP contribution in [0.25, 0.3) is 10.2 Å². The Balaban J connectivity index is 2.00. The van der Waals surface area contributed by atoms with E-state index in [1.165, 1.54) is 12.4 Å². The third-order valence-electron chi connectivity index (χ3n) is 4.01. The van der Waals surface area contributed by atoms with E-state index in [1.807, 2.05) is 13.8 Å². The van der Waals surface area contributed by atoms with Crippen molar-refractivity contribution in [2.45, 2.75) is 26.9 Å². The number of aromatic nitrogens is 2. The number of nitrogens with one attached hydrogen (secondary N) is 1. The van der Waals surface area contributed by atoms with Gasteiger partial charge in [-0.05, 0) is 36.6 Å². The van der Waals surface area contributed by atoms with Gasteiger partial charge in [-0.15, -0.1) is 11.3 Å². The Morgan fingerprint density at radius 1 is 1.31 bits per heavy atom. The minimum atomic E-state index is -4.51. The van der Waals surface area contributed by atoms with E-state index in [2.05, 4.69) is 15.3 Å². The second kappa shape index (κ2) is 8.16. The second-order valence-corrected chi connectivity index (χ2v) is 8.17. The smallest absolute Gasteiger partial charge is 0.416 e. The summed E-state index contributed by atoms with van der Waals surface area (Å²) in [6, 6.07) is 2.98. The van der Waals surface area contributed by atoms with Gasteiger partial charge < -0.3 is 10.1 Å². The molecule has 0 radical (unpaired) electrons. The van der Waals surface area contributed by atoms with Gasteiger partial charge in [-0.1, -0.05) is 25.4 Å². The molecule has 0 amide bonds. The van der Waals surface area contributed by atoms with Gasteiger partial charge in [0.2, 0.25) is 0 Å². The SMILES string of the molecule is Cc1c(C(=O)OCC(C)C)sc2ncnc(Nc3cc(C(F)(F)F)ccc3Cl)c12. The van der Waals surface area contributed by atoms with Crippen molar-refractivity contribution in [3.05, 3.63) is 45.6 Å². The number of fused-ring (bicyclic) bond motifs is 1. The number of nitrogens with zero attached hydrogens (tertiary/aromatic N) is 2. The number of thiophene rings is 1. The third-order valence-corrected chi connectivity index (χ3v) is 5.52. The van der Waals surface area contributed by atoms with Crippen LogP contribution in [0.3, 0.4) is 0 Å². The quantitative estimate of drug-likeness (QED) is 0.473. The molecular weight excluding hydrogens is 427 g/mol. The van der Waals surface area contributed by atoms with Gasteiger partial charge in [-0.2, -0.15) is 13.2 Å². The van der Waals surface area contributed by atoms with Gasteiger partial charge in [0.05, 0.1) is 28.3 Å². The van der Waals surface area contributed by atoms with Crippen molar-refractivity contribution in [3.8, 4) is 0 Å². The van der Waals surface area contributed by atoms with Crippen LogP contribution in [0.2, 0.25) is 5.02 Å². The number of carbonyl (C=O) groups is 1. The summed E-state index contributed by atoms with van der Waals surface area (Å²) in [5, 5.41) is 3.48. The van der Waals surface area contributed by atoms with Gasteiger partial charge in [0.25, 0.3) is 0 Å². The highest BCUT2D eigenvalue weighted by atomic mass is 35.5. The zero-order chi connectivity index (χ0) is 21.3. The summed E-state index contributed by atoms with van der Waals surface area (Å²) < 4.78 is 44.4. The molecule has 1 aromatic carbocycles. The Morgan fingerprint density at radius 3 is 2.69 bits per heavy atom. The molecule has 0 aliphatic carbocycles. The van der Waals surface area contributed by atoms with Crippen molar-refractivity contribution in [3.63, 3.8) is 0 Å². The van der Waals surface area contributed by atoms with E-state index in [-0.39, 0.29) is 29.1 Å². The van der Waals surface area contributed by atoms with Crippen LogP contribution in [0.15, 0.2) is 24.5 Å². The third kappa shape index (κ3) is 4.62. The minimum Gasteiger partial charge on any atom is -0.461 e. The highest BCUT2D eigenvalue weighted by Crippen LogP contribution is 2.38. The van der Waals surface area contributed by atoms with Crippen molar-refractivity contribution in [2.24, 2.45) is 5.92 Å². The van der Waals surface area contributed by atoms with Crippen LogP contribution in [0.1, 0.15) is 34.6 Å². The van der Waals surface area contributed by atoms with E-state index < -0.39 is 17.7 Å². The van der Waals surface area contributed by atoms with Gasteiger partial charge in [-0.25, -0.2) is 14.8 Å². The molecule has 0 saturated heterocycles. The van der Waals surface area contributed by atoms with E-state index in [9.17, 15) is 18.0 Å². The van der Waals surface area contributed by atoms with Crippen LogP contribution in [0.4, 0.5) is 24.7 Å². The molecule has 0 bridgehead atoms. The first-order valence-electron chi connectivity index (χ1n) is 8.63. The summed E-state index contributed by atoms with van der Waals surface area (Å²) in [7, 11) is 0. The number of halogens is 4. The lowest BCUT2D eigenvalue weighted by Gasteiger charge is -2.12. The lowest BCUT2D eigenvalue weighted by atomic mass is 10.1. The zero-order valence-corrected chi connectivity index (χ0v) is 17.3. The number of rotatable bonds is 5. The van der Waals surface area contributed by atoms with Crippen molar-refractivity contribution in [1.29, 1.82) is 0 Å². The number of anilines is 2. The summed E-state index contributed by atoms with van der Waals surface area (Å²) in [6.45, 7) is 5.85. The second-order valence-electron chi connectivity index (χ2n) is 6.77. The summed E-state index contributed by atoms with van der Waals surface area (Å²) in [5.74, 6) is -0.0242. The fourth-order valence-corrected chi connectivity index (χ4v) is 3.80. The number of ether oxygens (including phenoxy) is 1. The van der Waals surface area contributed by atoms with Gasteiger partial charge in [0, 0.05) is 0 Å². The maximum absolute atomic E-state index is 13.0. The lowest BCUT2D eigenvalue weighted by Crippen LogP contribution is -2.09. The Bertz CT molecular complexity index is 1070. The van der Waals surface area contributed by atoms with E-state index in [0.29, 0.717) is 20.7 Å². The summed E-state index contributed by atoms with van der Waals surface area (Å²) in [6.07, 6.45) is -3.24. The number of benzene rings is 1.